The standard InChI is InChI=1S/C13H10ClFN2O3/c1-2-9-11(15)12(17-6-16-9)20-10-4-3-7(14)5-8(10)13(18)19/h3-6H,2H2,1H3,(H,18,19). The van der Waals surface area contributed by atoms with Crippen LogP contribution in [-0.4, -0.2) is 21.0 Å². The molecule has 5 nitrogen and oxygen atoms in total. The summed E-state index contributed by atoms with van der Waals surface area (Å²) in [4.78, 5) is 18.5. The van der Waals surface area contributed by atoms with E-state index in [1.54, 1.807) is 6.92 Å². The summed E-state index contributed by atoms with van der Waals surface area (Å²) in [5, 5.41) is 9.32. The van der Waals surface area contributed by atoms with Gasteiger partial charge in [0, 0.05) is 5.02 Å². The fraction of sp³-hybridized carbons (Fsp3) is 0.154. The van der Waals surface area contributed by atoms with Gasteiger partial charge >= 0.3 is 5.97 Å². The van der Waals surface area contributed by atoms with Crippen molar-refractivity contribution >= 4 is 17.6 Å². The Morgan fingerprint density at radius 2 is 2.20 bits per heavy atom. The van der Waals surface area contributed by atoms with Crippen LogP contribution in [0.4, 0.5) is 4.39 Å². The van der Waals surface area contributed by atoms with E-state index >= 15 is 0 Å². The predicted molar refractivity (Wildman–Crippen MR) is 69.9 cm³/mol. The summed E-state index contributed by atoms with van der Waals surface area (Å²) in [6.45, 7) is 1.74. The number of rotatable bonds is 4. The first-order chi connectivity index (χ1) is 9.52. The fourth-order valence-corrected chi connectivity index (χ4v) is 1.74. The van der Waals surface area contributed by atoms with E-state index in [4.69, 9.17) is 21.4 Å². The summed E-state index contributed by atoms with van der Waals surface area (Å²) in [7, 11) is 0. The number of aromatic carboxylic acids is 1. The molecule has 0 aliphatic carbocycles. The molecule has 0 bridgehead atoms. The molecule has 0 saturated carbocycles. The highest BCUT2D eigenvalue weighted by molar-refractivity contribution is 6.31. The topological polar surface area (TPSA) is 72.3 Å². The number of carboxylic acids is 1. The molecule has 20 heavy (non-hydrogen) atoms. The molecule has 1 aromatic heterocycles. The van der Waals surface area contributed by atoms with Crippen LogP contribution in [0, 0.1) is 5.82 Å². The van der Waals surface area contributed by atoms with Crippen LogP contribution in [0.25, 0.3) is 0 Å². The summed E-state index contributed by atoms with van der Waals surface area (Å²) < 4.78 is 19.2. The summed E-state index contributed by atoms with van der Waals surface area (Å²) in [5.74, 6) is -2.29. The Bertz CT molecular complexity index is 664. The normalized spacial score (nSPS) is 10.3. The largest absolute Gasteiger partial charge is 0.478 e. The molecule has 0 aliphatic heterocycles. The van der Waals surface area contributed by atoms with Crippen molar-refractivity contribution in [3.05, 3.63) is 46.6 Å². The number of aromatic nitrogens is 2. The molecule has 0 unspecified atom stereocenters. The summed E-state index contributed by atoms with van der Waals surface area (Å²) in [6.07, 6.45) is 1.53. The second kappa shape index (κ2) is 5.83. The van der Waals surface area contributed by atoms with E-state index in [1.165, 1.54) is 18.2 Å². The highest BCUT2D eigenvalue weighted by Gasteiger charge is 2.17. The third kappa shape index (κ3) is 2.85. The second-order valence-corrected chi connectivity index (χ2v) is 4.28. The van der Waals surface area contributed by atoms with Crippen molar-refractivity contribution in [2.75, 3.05) is 0 Å². The van der Waals surface area contributed by atoms with Crippen LogP contribution in [0.15, 0.2) is 24.5 Å². The number of ether oxygens (including phenoxy) is 1. The first-order valence-corrected chi connectivity index (χ1v) is 6.10. The molecule has 0 amide bonds. The number of aryl methyl sites for hydroxylation is 1. The maximum Gasteiger partial charge on any atom is 0.339 e. The average Bonchev–Trinajstić information content (AvgIpc) is 2.42. The quantitative estimate of drug-likeness (QED) is 0.937. The van der Waals surface area contributed by atoms with Crippen molar-refractivity contribution in [2.45, 2.75) is 13.3 Å². The van der Waals surface area contributed by atoms with E-state index in [-0.39, 0.29) is 27.9 Å². The Morgan fingerprint density at radius 3 is 2.85 bits per heavy atom. The van der Waals surface area contributed by atoms with E-state index in [2.05, 4.69) is 9.97 Å². The molecule has 0 spiro atoms. The van der Waals surface area contributed by atoms with Gasteiger partial charge in [-0.05, 0) is 24.6 Å². The Kier molecular flexibility index (Phi) is 4.14. The zero-order valence-electron chi connectivity index (χ0n) is 10.4. The lowest BCUT2D eigenvalue weighted by Gasteiger charge is -2.09. The highest BCUT2D eigenvalue weighted by Crippen LogP contribution is 2.28. The van der Waals surface area contributed by atoms with Crippen molar-refractivity contribution in [3.63, 3.8) is 0 Å². The summed E-state index contributed by atoms with van der Waals surface area (Å²) in [5.41, 5.74) is 0.0226. The molecular formula is C13H10ClFN2O3. The molecule has 0 fully saturated rings. The Morgan fingerprint density at radius 1 is 1.45 bits per heavy atom. The van der Waals surface area contributed by atoms with Gasteiger partial charge in [-0.2, -0.15) is 9.37 Å². The zero-order chi connectivity index (χ0) is 14.7. The van der Waals surface area contributed by atoms with Gasteiger partial charge in [-0.15, -0.1) is 0 Å². The Labute approximate surface area is 119 Å². The molecule has 0 atom stereocenters. The van der Waals surface area contributed by atoms with E-state index in [0.29, 0.717) is 6.42 Å². The van der Waals surface area contributed by atoms with Gasteiger partial charge in [-0.1, -0.05) is 18.5 Å². The van der Waals surface area contributed by atoms with Crippen molar-refractivity contribution in [2.24, 2.45) is 0 Å². The minimum Gasteiger partial charge on any atom is -0.478 e. The number of hydrogen-bond donors (Lipinski definition) is 1. The molecule has 1 aromatic carbocycles. The van der Waals surface area contributed by atoms with E-state index in [9.17, 15) is 9.18 Å². The zero-order valence-corrected chi connectivity index (χ0v) is 11.2. The van der Waals surface area contributed by atoms with Crippen molar-refractivity contribution in [1.82, 2.24) is 9.97 Å². The van der Waals surface area contributed by atoms with Crippen LogP contribution in [0.1, 0.15) is 23.0 Å². The minimum atomic E-state index is -1.23. The molecule has 0 radical (unpaired) electrons. The molecule has 0 aliphatic rings. The predicted octanol–water partition coefficient (Wildman–Crippen LogP) is 3.32. The van der Waals surface area contributed by atoms with Gasteiger partial charge in [0.2, 0.25) is 5.82 Å². The van der Waals surface area contributed by atoms with Gasteiger partial charge in [0.1, 0.15) is 17.6 Å². The first kappa shape index (κ1) is 14.2. The average molecular weight is 297 g/mol. The molecule has 2 rings (SSSR count). The third-order valence-electron chi connectivity index (χ3n) is 2.54. The van der Waals surface area contributed by atoms with Gasteiger partial charge in [-0.25, -0.2) is 9.78 Å². The number of nitrogens with zero attached hydrogens (tertiary/aromatic N) is 2. The van der Waals surface area contributed by atoms with Gasteiger partial charge in [0.15, 0.2) is 0 Å². The minimum absolute atomic E-state index is 0.0402. The molecule has 7 heteroatoms. The Balaban J connectivity index is 2.42. The smallest absolute Gasteiger partial charge is 0.339 e. The maximum atomic E-state index is 13.9. The first-order valence-electron chi connectivity index (χ1n) is 5.73. The van der Waals surface area contributed by atoms with Crippen LogP contribution in [0.3, 0.4) is 0 Å². The maximum absolute atomic E-state index is 13.9. The lowest BCUT2D eigenvalue weighted by molar-refractivity contribution is 0.0694. The van der Waals surface area contributed by atoms with Gasteiger partial charge in [-0.3, -0.25) is 0 Å². The van der Waals surface area contributed by atoms with Crippen LogP contribution < -0.4 is 4.74 Å². The monoisotopic (exact) mass is 296 g/mol. The number of carbonyl (C=O) groups is 1. The highest BCUT2D eigenvalue weighted by atomic mass is 35.5. The number of benzene rings is 1. The molecule has 104 valence electrons. The van der Waals surface area contributed by atoms with Crippen molar-refractivity contribution in [1.29, 1.82) is 0 Å². The van der Waals surface area contributed by atoms with Gasteiger partial charge < -0.3 is 9.84 Å². The van der Waals surface area contributed by atoms with Crippen LogP contribution >= 0.6 is 11.6 Å². The van der Waals surface area contributed by atoms with Crippen molar-refractivity contribution < 1.29 is 19.0 Å². The number of halogens is 2. The van der Waals surface area contributed by atoms with Gasteiger partial charge in [0.05, 0.1) is 5.69 Å². The fourth-order valence-electron chi connectivity index (χ4n) is 1.57. The lowest BCUT2D eigenvalue weighted by Crippen LogP contribution is -2.03. The van der Waals surface area contributed by atoms with E-state index in [0.717, 1.165) is 6.33 Å². The second-order valence-electron chi connectivity index (χ2n) is 3.84. The number of hydrogen-bond acceptors (Lipinski definition) is 4. The van der Waals surface area contributed by atoms with Crippen LogP contribution in [0.5, 0.6) is 11.6 Å². The molecule has 1 N–H and O–H groups in total. The summed E-state index contributed by atoms with van der Waals surface area (Å²) >= 11 is 5.72. The van der Waals surface area contributed by atoms with E-state index < -0.39 is 11.8 Å². The Hall–Kier alpha value is -2.21. The summed E-state index contributed by atoms with van der Waals surface area (Å²) in [6, 6.07) is 4.02. The van der Waals surface area contributed by atoms with Crippen LogP contribution in [0.2, 0.25) is 5.02 Å². The number of carboxylic acid groups (broad SMARTS) is 1. The third-order valence-corrected chi connectivity index (χ3v) is 2.78. The van der Waals surface area contributed by atoms with Crippen LogP contribution in [-0.2, 0) is 6.42 Å². The van der Waals surface area contributed by atoms with Crippen molar-refractivity contribution in [3.8, 4) is 11.6 Å². The molecule has 0 saturated heterocycles. The van der Waals surface area contributed by atoms with E-state index in [1.807, 2.05) is 0 Å². The SMILES string of the molecule is CCc1ncnc(Oc2ccc(Cl)cc2C(=O)O)c1F. The molecular weight excluding hydrogens is 287 g/mol. The van der Waals surface area contributed by atoms with Gasteiger partial charge in [0.25, 0.3) is 5.88 Å². The lowest BCUT2D eigenvalue weighted by atomic mass is 10.2. The molecule has 1 heterocycles. The molecule has 2 aromatic rings.